The maximum atomic E-state index is 10.9. The molecule has 0 aliphatic carbocycles. The lowest BCUT2D eigenvalue weighted by Crippen LogP contribution is -2.29. The van der Waals surface area contributed by atoms with Crippen LogP contribution in [0.3, 0.4) is 0 Å². The predicted octanol–water partition coefficient (Wildman–Crippen LogP) is 4.18. The topological polar surface area (TPSA) is 109 Å². The van der Waals surface area contributed by atoms with Crippen LogP contribution in [0.5, 0.6) is 0 Å². The summed E-state index contributed by atoms with van der Waals surface area (Å²) in [4.78, 5) is 0. The van der Waals surface area contributed by atoms with Gasteiger partial charge in [0.1, 0.15) is 0 Å². The Morgan fingerprint density at radius 1 is 0.609 bits per heavy atom. The Kier molecular flexibility index (Phi) is 12.1. The van der Waals surface area contributed by atoms with Gasteiger partial charge in [-0.05, 0) is 6.42 Å². The van der Waals surface area contributed by atoms with E-state index >= 15 is 0 Å². The highest BCUT2D eigenvalue weighted by atomic mass is 32.3. The Hall–Kier alpha value is -0.180. The summed E-state index contributed by atoms with van der Waals surface area (Å²) >= 11 is 0. The van der Waals surface area contributed by atoms with Gasteiger partial charge in [0, 0.05) is 0 Å². The van der Waals surface area contributed by atoms with Crippen LogP contribution in [0.2, 0.25) is 0 Å². The van der Waals surface area contributed by atoms with Crippen LogP contribution in [0.15, 0.2) is 0 Å². The van der Waals surface area contributed by atoms with Gasteiger partial charge < -0.3 is 0 Å². The smallest absolute Gasteiger partial charge is 0.284 e. The highest BCUT2D eigenvalue weighted by molar-refractivity contribution is 8.03. The molecule has 0 atom stereocenters. The summed E-state index contributed by atoms with van der Waals surface area (Å²) in [6.45, 7) is 2.20. The second kappa shape index (κ2) is 12.2. The minimum absolute atomic E-state index is 0.269. The van der Waals surface area contributed by atoms with Gasteiger partial charge in [-0.2, -0.15) is 16.8 Å². The number of unbranched alkanes of at least 4 members (excludes halogenated alkanes) is 11. The minimum atomic E-state index is -4.78. The molecule has 0 fully saturated rings. The Balaban J connectivity index is 3.62. The van der Waals surface area contributed by atoms with Crippen LogP contribution >= 0.6 is 0 Å². The molecule has 0 amide bonds. The van der Waals surface area contributed by atoms with Crippen molar-refractivity contribution in [2.24, 2.45) is 0 Å². The molecule has 0 aromatic heterocycles. The summed E-state index contributed by atoms with van der Waals surface area (Å²) in [5, 5.41) is 0. The van der Waals surface area contributed by atoms with Crippen LogP contribution in [0.1, 0.15) is 90.4 Å². The second-order valence-corrected chi connectivity index (χ2v) is 9.63. The molecular formula is C15H32O6S2. The van der Waals surface area contributed by atoms with Crippen LogP contribution in [-0.4, -0.2) is 30.5 Å². The van der Waals surface area contributed by atoms with E-state index in [1.54, 1.807) is 0 Å². The molecule has 0 aliphatic rings. The zero-order chi connectivity index (χ0) is 17.8. The summed E-state index contributed by atoms with van der Waals surface area (Å²) in [6.07, 6.45) is 12.8. The zero-order valence-electron chi connectivity index (χ0n) is 14.1. The van der Waals surface area contributed by atoms with Crippen LogP contribution in [-0.2, 0) is 20.2 Å². The van der Waals surface area contributed by atoms with Crippen molar-refractivity contribution in [2.75, 3.05) is 0 Å². The van der Waals surface area contributed by atoms with Gasteiger partial charge in [-0.3, -0.25) is 9.11 Å². The lowest BCUT2D eigenvalue weighted by Gasteiger charge is -2.10. The van der Waals surface area contributed by atoms with Crippen molar-refractivity contribution < 1.29 is 25.9 Å². The Morgan fingerprint density at radius 3 is 1.22 bits per heavy atom. The molecule has 6 nitrogen and oxygen atoms in total. The van der Waals surface area contributed by atoms with Crippen LogP contribution in [0, 0.1) is 0 Å². The van der Waals surface area contributed by atoms with Crippen LogP contribution in [0.25, 0.3) is 0 Å². The van der Waals surface area contributed by atoms with Gasteiger partial charge in [-0.15, -0.1) is 0 Å². The van der Waals surface area contributed by atoms with E-state index < -0.39 is 24.8 Å². The van der Waals surface area contributed by atoms with E-state index in [9.17, 15) is 16.8 Å². The minimum Gasteiger partial charge on any atom is -0.284 e. The van der Waals surface area contributed by atoms with Crippen molar-refractivity contribution in [3.8, 4) is 0 Å². The zero-order valence-corrected chi connectivity index (χ0v) is 15.7. The van der Waals surface area contributed by atoms with E-state index in [0.29, 0.717) is 12.8 Å². The average Bonchev–Trinajstić information content (AvgIpc) is 2.41. The Bertz CT molecular complexity index is 452. The Labute approximate surface area is 141 Å². The van der Waals surface area contributed by atoms with Gasteiger partial charge in [0.15, 0.2) is 0 Å². The van der Waals surface area contributed by atoms with Crippen LogP contribution < -0.4 is 0 Å². The molecule has 2 N–H and O–H groups in total. The maximum Gasteiger partial charge on any atom is 0.284 e. The standard InChI is InChI=1S/C15H32O6S2/c1-2-3-4-5-6-7-8-9-10-11-12-13-14-15(22(16,17)18)23(19,20)21/h15H,2-14H2,1H3,(H,16,17,18)(H,19,20,21). The molecule has 0 rings (SSSR count). The predicted molar refractivity (Wildman–Crippen MR) is 92.6 cm³/mol. The molecule has 0 spiro atoms. The lowest BCUT2D eigenvalue weighted by molar-refractivity contribution is 0.446. The second-order valence-electron chi connectivity index (χ2n) is 6.14. The highest BCUT2D eigenvalue weighted by Gasteiger charge is 2.34. The summed E-state index contributed by atoms with van der Waals surface area (Å²) in [5.41, 5.74) is 0. The van der Waals surface area contributed by atoms with Crippen molar-refractivity contribution in [1.82, 2.24) is 0 Å². The van der Waals surface area contributed by atoms with Crippen molar-refractivity contribution in [3.05, 3.63) is 0 Å². The Morgan fingerprint density at radius 2 is 0.913 bits per heavy atom. The van der Waals surface area contributed by atoms with Crippen molar-refractivity contribution in [3.63, 3.8) is 0 Å². The molecule has 0 saturated carbocycles. The summed E-state index contributed by atoms with van der Waals surface area (Å²) < 4.78 is 59.2. The molecule has 8 heteroatoms. The first-order chi connectivity index (χ1) is 10.7. The van der Waals surface area contributed by atoms with Gasteiger partial charge in [-0.1, -0.05) is 84.0 Å². The quantitative estimate of drug-likeness (QED) is 0.330. The molecule has 0 saturated heterocycles. The maximum absolute atomic E-state index is 10.9. The number of hydrogen-bond donors (Lipinski definition) is 2. The van der Waals surface area contributed by atoms with E-state index in [2.05, 4.69) is 6.92 Å². The SMILES string of the molecule is CCCCCCCCCCCCCCC(S(=O)(=O)O)S(=O)(=O)O. The first-order valence-electron chi connectivity index (χ1n) is 8.62. The number of hydrogen-bond acceptors (Lipinski definition) is 4. The molecule has 0 bridgehead atoms. The fourth-order valence-electron chi connectivity index (χ4n) is 2.60. The van der Waals surface area contributed by atoms with Gasteiger partial charge >= 0.3 is 0 Å². The molecule has 140 valence electrons. The lowest BCUT2D eigenvalue weighted by atomic mass is 10.0. The van der Waals surface area contributed by atoms with Gasteiger partial charge in [0.25, 0.3) is 20.2 Å². The molecule has 0 aromatic rings. The molecule has 0 aliphatic heterocycles. The third kappa shape index (κ3) is 12.9. The monoisotopic (exact) mass is 372 g/mol. The van der Waals surface area contributed by atoms with E-state index in [1.807, 2.05) is 0 Å². The van der Waals surface area contributed by atoms with Gasteiger partial charge in [0.05, 0.1) is 0 Å². The molecular weight excluding hydrogens is 340 g/mol. The summed E-state index contributed by atoms with van der Waals surface area (Å²) in [5.74, 6) is 0. The van der Waals surface area contributed by atoms with Gasteiger partial charge in [0.2, 0.25) is 4.58 Å². The molecule has 0 radical (unpaired) electrons. The van der Waals surface area contributed by atoms with E-state index in [0.717, 1.165) is 19.3 Å². The fraction of sp³-hybridized carbons (Fsp3) is 1.00. The molecule has 0 heterocycles. The largest absolute Gasteiger partial charge is 0.284 e. The highest BCUT2D eigenvalue weighted by Crippen LogP contribution is 2.17. The van der Waals surface area contributed by atoms with E-state index in [4.69, 9.17) is 9.11 Å². The third-order valence-electron chi connectivity index (χ3n) is 3.96. The van der Waals surface area contributed by atoms with Crippen LogP contribution in [0.4, 0.5) is 0 Å². The summed E-state index contributed by atoms with van der Waals surface area (Å²) in [6, 6.07) is 0. The molecule has 23 heavy (non-hydrogen) atoms. The van der Waals surface area contributed by atoms with Crippen molar-refractivity contribution >= 4 is 20.2 Å². The van der Waals surface area contributed by atoms with E-state index in [1.165, 1.54) is 44.9 Å². The average molecular weight is 373 g/mol. The van der Waals surface area contributed by atoms with Gasteiger partial charge in [-0.25, -0.2) is 0 Å². The van der Waals surface area contributed by atoms with Crippen molar-refractivity contribution in [1.29, 1.82) is 0 Å². The number of rotatable bonds is 15. The first-order valence-corrected chi connectivity index (χ1v) is 11.6. The first kappa shape index (κ1) is 22.8. The normalized spacial score (nSPS) is 12.9. The fourth-order valence-corrected chi connectivity index (χ4v) is 4.76. The van der Waals surface area contributed by atoms with E-state index in [-0.39, 0.29) is 6.42 Å². The van der Waals surface area contributed by atoms with Crippen molar-refractivity contribution in [2.45, 2.75) is 95.0 Å². The summed E-state index contributed by atoms with van der Waals surface area (Å²) in [7, 11) is -9.55. The molecule has 0 unspecified atom stereocenters. The molecule has 0 aromatic carbocycles. The third-order valence-corrected chi connectivity index (χ3v) is 7.22.